The molecule has 2 amide bonds. The molecule has 34 heavy (non-hydrogen) atoms. The molecule has 0 aliphatic carbocycles. The largest absolute Gasteiger partial charge is 0.465 e. The van der Waals surface area contributed by atoms with Crippen molar-refractivity contribution >= 4 is 34.0 Å². The Kier molecular flexibility index (Phi) is 8.40. The van der Waals surface area contributed by atoms with Gasteiger partial charge in [0.15, 0.2) is 0 Å². The number of methoxy groups -OCH3 is 1. The maximum atomic E-state index is 14.9. The molecule has 1 aliphatic rings. The van der Waals surface area contributed by atoms with Gasteiger partial charge >= 0.3 is 12.0 Å². The molecule has 0 saturated carbocycles. The zero-order valence-corrected chi connectivity index (χ0v) is 20.6. The van der Waals surface area contributed by atoms with Crippen molar-refractivity contribution in [3.05, 3.63) is 59.4 Å². The van der Waals surface area contributed by atoms with E-state index in [0.717, 1.165) is 24.8 Å². The van der Waals surface area contributed by atoms with E-state index in [0.29, 0.717) is 5.69 Å². The van der Waals surface area contributed by atoms with Crippen LogP contribution in [0.2, 0.25) is 0 Å². The number of amides is 2. The molecule has 1 aliphatic heterocycles. The first-order valence-electron chi connectivity index (χ1n) is 11.2. The smallest absolute Gasteiger partial charge is 0.337 e. The molecule has 3 rings (SSSR count). The van der Waals surface area contributed by atoms with Crippen molar-refractivity contribution in [2.75, 3.05) is 54.6 Å². The number of nitrogens with zero attached hydrogens (tertiary/aromatic N) is 3. The van der Waals surface area contributed by atoms with E-state index >= 15 is 0 Å². The third kappa shape index (κ3) is 5.99. The van der Waals surface area contributed by atoms with Crippen LogP contribution in [0.5, 0.6) is 0 Å². The molecule has 0 spiro atoms. The van der Waals surface area contributed by atoms with Gasteiger partial charge in [-0.2, -0.15) is 10.6 Å². The third-order valence-electron chi connectivity index (χ3n) is 5.97. The SMILES string of the molecule is CCN(CC)c1ccc(N(Cc2ccc(C(=O)OC)cc2F)C(=O)N2CCS(O)(O)CC2)cc1. The van der Waals surface area contributed by atoms with Crippen LogP contribution in [-0.4, -0.2) is 70.8 Å². The number of rotatable bonds is 7. The standard InChI is InChI=1S/C24H32FN3O5S/c1-4-26(5-2)20-8-10-21(11-9-20)28(24(30)27-12-14-34(31,32)15-13-27)17-19-7-6-18(16-22(19)25)23(29)33-3/h6-11,16,31-32H,4-5,12-15,17H2,1-3H3. The van der Waals surface area contributed by atoms with E-state index in [4.69, 9.17) is 0 Å². The summed E-state index contributed by atoms with van der Waals surface area (Å²) in [5.41, 5.74) is 1.94. The normalized spacial score (nSPS) is 16.0. The summed E-state index contributed by atoms with van der Waals surface area (Å²) in [5, 5.41) is 0. The Bertz CT molecular complexity index is 1000. The van der Waals surface area contributed by atoms with Crippen LogP contribution in [0.4, 0.5) is 20.6 Å². The number of benzene rings is 2. The van der Waals surface area contributed by atoms with Gasteiger partial charge in [0.1, 0.15) is 5.82 Å². The van der Waals surface area contributed by atoms with E-state index in [1.54, 1.807) is 4.90 Å². The first-order chi connectivity index (χ1) is 16.2. The molecule has 2 aromatic carbocycles. The van der Waals surface area contributed by atoms with Gasteiger partial charge < -0.3 is 14.5 Å². The van der Waals surface area contributed by atoms with E-state index in [1.807, 2.05) is 24.3 Å². The number of carbonyl (C=O) groups excluding carboxylic acids is 2. The molecule has 1 saturated heterocycles. The van der Waals surface area contributed by atoms with Crippen LogP contribution in [0.15, 0.2) is 42.5 Å². The van der Waals surface area contributed by atoms with Gasteiger partial charge in [0.05, 0.1) is 30.7 Å². The number of hydrogen-bond donors (Lipinski definition) is 2. The lowest BCUT2D eigenvalue weighted by molar-refractivity contribution is 0.0600. The zero-order chi connectivity index (χ0) is 24.9. The highest BCUT2D eigenvalue weighted by molar-refractivity contribution is 8.24. The van der Waals surface area contributed by atoms with Crippen LogP contribution < -0.4 is 9.80 Å². The van der Waals surface area contributed by atoms with Crippen molar-refractivity contribution < 1.29 is 27.8 Å². The quantitative estimate of drug-likeness (QED) is 0.546. The fraction of sp³-hybridized carbons (Fsp3) is 0.417. The molecule has 0 radical (unpaired) electrons. The molecule has 8 nitrogen and oxygen atoms in total. The monoisotopic (exact) mass is 493 g/mol. The Morgan fingerprint density at radius 3 is 2.15 bits per heavy atom. The van der Waals surface area contributed by atoms with Crippen molar-refractivity contribution in [2.45, 2.75) is 20.4 Å². The summed E-state index contributed by atoms with van der Waals surface area (Å²) in [6.45, 7) is 6.18. The molecular formula is C24H32FN3O5S. The minimum absolute atomic E-state index is 0.0521. The predicted molar refractivity (Wildman–Crippen MR) is 133 cm³/mol. The van der Waals surface area contributed by atoms with Crippen molar-refractivity contribution in [3.63, 3.8) is 0 Å². The molecule has 186 valence electrons. The summed E-state index contributed by atoms with van der Waals surface area (Å²) in [6, 6.07) is 11.2. The van der Waals surface area contributed by atoms with Crippen LogP contribution >= 0.6 is 10.6 Å². The molecular weight excluding hydrogens is 461 g/mol. The summed E-state index contributed by atoms with van der Waals surface area (Å²) in [4.78, 5) is 30.4. The average Bonchev–Trinajstić information content (AvgIpc) is 2.83. The molecule has 1 heterocycles. The van der Waals surface area contributed by atoms with Gasteiger partial charge in [0, 0.05) is 43.1 Å². The summed E-state index contributed by atoms with van der Waals surface area (Å²) < 4.78 is 39.3. The molecule has 0 bridgehead atoms. The topological polar surface area (TPSA) is 93.6 Å². The Labute approximate surface area is 201 Å². The maximum absolute atomic E-state index is 14.9. The van der Waals surface area contributed by atoms with E-state index in [-0.39, 0.29) is 48.3 Å². The van der Waals surface area contributed by atoms with Gasteiger partial charge in [-0.3, -0.25) is 14.0 Å². The first-order valence-corrected chi connectivity index (χ1v) is 13.1. The van der Waals surface area contributed by atoms with E-state index in [2.05, 4.69) is 23.5 Å². The summed E-state index contributed by atoms with van der Waals surface area (Å²) in [5.74, 6) is -1.02. The number of carbonyl (C=O) groups is 2. The lowest BCUT2D eigenvalue weighted by Crippen LogP contribution is -2.48. The second kappa shape index (κ2) is 11.1. The molecule has 1 fully saturated rings. The molecule has 0 unspecified atom stereocenters. The van der Waals surface area contributed by atoms with Gasteiger partial charge in [-0.05, 0) is 50.2 Å². The number of anilines is 2. The van der Waals surface area contributed by atoms with Crippen molar-refractivity contribution in [1.82, 2.24) is 4.90 Å². The van der Waals surface area contributed by atoms with E-state index in [9.17, 15) is 23.1 Å². The zero-order valence-electron chi connectivity index (χ0n) is 19.7. The molecule has 2 N–H and O–H groups in total. The highest BCUT2D eigenvalue weighted by Gasteiger charge is 2.30. The van der Waals surface area contributed by atoms with E-state index in [1.165, 1.54) is 24.1 Å². The summed E-state index contributed by atoms with van der Waals surface area (Å²) >= 11 is 0. The van der Waals surface area contributed by atoms with Crippen molar-refractivity contribution in [1.29, 1.82) is 0 Å². The van der Waals surface area contributed by atoms with Crippen LogP contribution in [0.25, 0.3) is 0 Å². The Morgan fingerprint density at radius 1 is 1.03 bits per heavy atom. The van der Waals surface area contributed by atoms with Crippen LogP contribution in [0, 0.1) is 5.82 Å². The number of urea groups is 1. The Balaban J connectivity index is 1.91. The van der Waals surface area contributed by atoms with Gasteiger partial charge in [0.25, 0.3) is 0 Å². The van der Waals surface area contributed by atoms with Gasteiger partial charge in [0.2, 0.25) is 0 Å². The fourth-order valence-corrected chi connectivity index (χ4v) is 5.11. The second-order valence-corrected chi connectivity index (χ2v) is 10.5. The number of esters is 1. The lowest BCUT2D eigenvalue weighted by Gasteiger charge is -2.42. The van der Waals surface area contributed by atoms with Crippen LogP contribution in [0.3, 0.4) is 0 Å². The summed E-state index contributed by atoms with van der Waals surface area (Å²) in [6.07, 6.45) is 0. The first kappa shape index (κ1) is 25.8. The minimum Gasteiger partial charge on any atom is -0.465 e. The highest BCUT2D eigenvalue weighted by Crippen LogP contribution is 2.40. The Hall–Kier alpha value is -2.82. The minimum atomic E-state index is -2.66. The average molecular weight is 494 g/mol. The third-order valence-corrected chi connectivity index (χ3v) is 7.64. The van der Waals surface area contributed by atoms with Gasteiger partial charge in [-0.1, -0.05) is 6.07 Å². The van der Waals surface area contributed by atoms with Crippen LogP contribution in [0.1, 0.15) is 29.8 Å². The summed E-state index contributed by atoms with van der Waals surface area (Å²) in [7, 11) is -1.44. The maximum Gasteiger partial charge on any atom is 0.337 e. The van der Waals surface area contributed by atoms with Gasteiger partial charge in [-0.15, -0.1) is 0 Å². The number of halogens is 1. The van der Waals surface area contributed by atoms with Crippen molar-refractivity contribution in [2.24, 2.45) is 0 Å². The Morgan fingerprint density at radius 2 is 1.62 bits per heavy atom. The van der Waals surface area contributed by atoms with E-state index < -0.39 is 22.4 Å². The molecule has 10 heteroatoms. The highest BCUT2D eigenvalue weighted by atomic mass is 32.3. The predicted octanol–water partition coefficient (Wildman–Crippen LogP) is 4.65. The molecule has 0 atom stereocenters. The fourth-order valence-electron chi connectivity index (χ4n) is 3.88. The molecule has 0 aromatic heterocycles. The van der Waals surface area contributed by atoms with Crippen LogP contribution in [-0.2, 0) is 11.3 Å². The van der Waals surface area contributed by atoms with Crippen molar-refractivity contribution in [3.8, 4) is 0 Å². The van der Waals surface area contributed by atoms with Gasteiger partial charge in [-0.25, -0.2) is 14.0 Å². The lowest BCUT2D eigenvalue weighted by atomic mass is 10.1. The second-order valence-electron chi connectivity index (χ2n) is 8.05. The number of hydrogen-bond acceptors (Lipinski definition) is 6. The molecule has 2 aromatic rings. The number of ether oxygens (including phenoxy) is 1.